The van der Waals surface area contributed by atoms with Crippen molar-refractivity contribution in [3.05, 3.63) is 42.7 Å². The zero-order valence-electron chi connectivity index (χ0n) is 15.0. The Morgan fingerprint density at radius 3 is 2.63 bits per heavy atom. The summed E-state index contributed by atoms with van der Waals surface area (Å²) >= 11 is 0. The topological polar surface area (TPSA) is 115 Å². The molecule has 1 saturated carbocycles. The Hall–Kier alpha value is -3.30. The molecule has 1 atom stereocenters. The van der Waals surface area contributed by atoms with Crippen molar-refractivity contribution in [1.82, 2.24) is 40.3 Å². The number of amides is 2. The highest BCUT2D eigenvalue weighted by molar-refractivity contribution is 5.89. The molecule has 1 aliphatic rings. The average Bonchev–Trinajstić information content (AvgIpc) is 3.43. The van der Waals surface area contributed by atoms with Crippen LogP contribution in [-0.4, -0.2) is 41.0 Å². The summed E-state index contributed by atoms with van der Waals surface area (Å²) in [6.45, 7) is 1.91. The molecule has 27 heavy (non-hydrogen) atoms. The van der Waals surface area contributed by atoms with E-state index in [1.807, 2.05) is 19.1 Å². The number of aromatic nitrogens is 7. The van der Waals surface area contributed by atoms with Gasteiger partial charge in [-0.25, -0.2) is 9.48 Å². The summed E-state index contributed by atoms with van der Waals surface area (Å²) in [6.07, 6.45) is 8.00. The molecular formula is C17H21N9O. The monoisotopic (exact) mass is 367 g/mol. The fraction of sp³-hybridized carbons (Fsp3) is 0.412. The molecule has 4 rings (SSSR count). The molecule has 2 heterocycles. The molecule has 1 aromatic carbocycles. The van der Waals surface area contributed by atoms with Gasteiger partial charge < -0.3 is 15.2 Å². The Morgan fingerprint density at radius 1 is 1.15 bits per heavy atom. The van der Waals surface area contributed by atoms with Gasteiger partial charge in [0.25, 0.3) is 0 Å². The number of nitrogens with one attached hydrogen (secondary N) is 2. The molecule has 0 aliphatic heterocycles. The Kier molecular flexibility index (Phi) is 4.77. The third-order valence-electron chi connectivity index (χ3n) is 4.79. The van der Waals surface area contributed by atoms with Crippen LogP contribution in [-0.2, 0) is 0 Å². The van der Waals surface area contributed by atoms with Crippen LogP contribution in [0.2, 0.25) is 0 Å². The van der Waals surface area contributed by atoms with Gasteiger partial charge in [-0.05, 0) is 54.5 Å². The Balaban J connectivity index is 1.37. The van der Waals surface area contributed by atoms with Gasteiger partial charge in [0.05, 0.1) is 11.7 Å². The van der Waals surface area contributed by atoms with Gasteiger partial charge in [0, 0.05) is 11.7 Å². The number of tetrazole rings is 1. The van der Waals surface area contributed by atoms with Crippen LogP contribution in [0.15, 0.2) is 36.9 Å². The lowest BCUT2D eigenvalue weighted by Gasteiger charge is -2.19. The van der Waals surface area contributed by atoms with Crippen molar-refractivity contribution in [2.24, 2.45) is 0 Å². The van der Waals surface area contributed by atoms with E-state index in [1.54, 1.807) is 23.1 Å². The van der Waals surface area contributed by atoms with Crippen molar-refractivity contribution in [2.75, 3.05) is 5.32 Å². The van der Waals surface area contributed by atoms with Gasteiger partial charge in [0.2, 0.25) is 0 Å². The van der Waals surface area contributed by atoms with Gasteiger partial charge in [0.1, 0.15) is 12.7 Å². The molecule has 0 radical (unpaired) electrons. The van der Waals surface area contributed by atoms with Gasteiger partial charge in [0.15, 0.2) is 5.82 Å². The van der Waals surface area contributed by atoms with E-state index in [9.17, 15) is 4.79 Å². The van der Waals surface area contributed by atoms with Crippen LogP contribution in [0.5, 0.6) is 0 Å². The fourth-order valence-corrected chi connectivity index (χ4v) is 3.43. The second-order valence-electron chi connectivity index (χ2n) is 6.66. The number of anilines is 1. The number of hydrogen-bond acceptors (Lipinski definition) is 6. The van der Waals surface area contributed by atoms with Gasteiger partial charge >= 0.3 is 6.03 Å². The quantitative estimate of drug-likeness (QED) is 0.714. The van der Waals surface area contributed by atoms with Gasteiger partial charge in [-0.1, -0.05) is 12.8 Å². The Labute approximate surface area is 156 Å². The van der Waals surface area contributed by atoms with Crippen LogP contribution in [0, 0.1) is 0 Å². The summed E-state index contributed by atoms with van der Waals surface area (Å²) < 4.78 is 3.64. The molecule has 2 amide bonds. The van der Waals surface area contributed by atoms with Crippen LogP contribution in [0.4, 0.5) is 10.5 Å². The SMILES string of the molecule is C[C@H](NC(=O)Nc1ccc(-n2cnnn2)cc1)c1nncn1C1CCCC1. The van der Waals surface area contributed by atoms with Crippen LogP contribution in [0.1, 0.15) is 50.5 Å². The molecule has 0 saturated heterocycles. The average molecular weight is 367 g/mol. The Morgan fingerprint density at radius 2 is 1.93 bits per heavy atom. The molecule has 1 aliphatic carbocycles. The van der Waals surface area contributed by atoms with Crippen molar-refractivity contribution in [3.63, 3.8) is 0 Å². The molecular weight excluding hydrogens is 346 g/mol. The first-order valence-corrected chi connectivity index (χ1v) is 9.01. The normalized spacial score (nSPS) is 15.6. The van der Waals surface area contributed by atoms with Gasteiger partial charge in [-0.15, -0.1) is 15.3 Å². The fourth-order valence-electron chi connectivity index (χ4n) is 3.43. The maximum absolute atomic E-state index is 12.3. The summed E-state index contributed by atoms with van der Waals surface area (Å²) in [5, 5.41) is 25.0. The molecule has 2 N–H and O–H groups in total. The number of urea groups is 1. The van der Waals surface area contributed by atoms with E-state index in [0.717, 1.165) is 24.4 Å². The van der Waals surface area contributed by atoms with Crippen molar-refractivity contribution in [3.8, 4) is 5.69 Å². The highest BCUT2D eigenvalue weighted by Crippen LogP contribution is 2.31. The zero-order chi connectivity index (χ0) is 18.6. The number of nitrogens with zero attached hydrogens (tertiary/aromatic N) is 7. The van der Waals surface area contributed by atoms with Crippen molar-refractivity contribution >= 4 is 11.7 Å². The first kappa shape index (κ1) is 17.1. The molecule has 1 fully saturated rings. The molecule has 0 unspecified atom stereocenters. The van der Waals surface area contributed by atoms with Crippen LogP contribution in [0.3, 0.4) is 0 Å². The Bertz CT molecular complexity index is 882. The van der Waals surface area contributed by atoms with E-state index in [2.05, 4.69) is 40.9 Å². The summed E-state index contributed by atoms with van der Waals surface area (Å²) in [5.74, 6) is 0.783. The van der Waals surface area contributed by atoms with Crippen LogP contribution < -0.4 is 10.6 Å². The lowest BCUT2D eigenvalue weighted by atomic mass is 10.2. The van der Waals surface area contributed by atoms with E-state index in [0.29, 0.717) is 11.7 Å². The van der Waals surface area contributed by atoms with E-state index in [1.165, 1.54) is 19.2 Å². The summed E-state index contributed by atoms with van der Waals surface area (Å²) in [6, 6.07) is 7.14. The second kappa shape index (κ2) is 7.52. The zero-order valence-corrected chi connectivity index (χ0v) is 15.0. The van der Waals surface area contributed by atoms with Gasteiger partial charge in [-0.2, -0.15) is 0 Å². The standard InChI is InChI=1S/C17H21N9O/c1-12(16-22-18-10-25(16)14-4-2-3-5-14)20-17(27)21-13-6-8-15(9-7-13)26-11-19-23-24-26/h6-12,14H,2-5H2,1H3,(H2,20,21,27)/t12-/m0/s1. The highest BCUT2D eigenvalue weighted by atomic mass is 16.2. The van der Waals surface area contributed by atoms with E-state index in [-0.39, 0.29) is 12.1 Å². The first-order valence-electron chi connectivity index (χ1n) is 9.01. The largest absolute Gasteiger partial charge is 0.328 e. The molecule has 0 spiro atoms. The number of benzene rings is 1. The first-order chi connectivity index (χ1) is 13.2. The number of carbonyl (C=O) groups excluding carboxylic acids is 1. The minimum Gasteiger partial charge on any atom is -0.328 e. The lowest BCUT2D eigenvalue weighted by Crippen LogP contribution is -2.32. The van der Waals surface area contributed by atoms with E-state index < -0.39 is 0 Å². The summed E-state index contributed by atoms with van der Waals surface area (Å²) in [5.41, 5.74) is 1.48. The number of rotatable bonds is 5. The van der Waals surface area contributed by atoms with Crippen LogP contribution in [0.25, 0.3) is 5.69 Å². The predicted molar refractivity (Wildman–Crippen MR) is 97.3 cm³/mol. The molecule has 10 heteroatoms. The minimum absolute atomic E-state index is 0.242. The smallest absolute Gasteiger partial charge is 0.319 e. The molecule has 3 aromatic rings. The third-order valence-corrected chi connectivity index (χ3v) is 4.79. The molecule has 10 nitrogen and oxygen atoms in total. The van der Waals surface area contributed by atoms with Crippen molar-refractivity contribution in [2.45, 2.75) is 44.7 Å². The molecule has 2 aromatic heterocycles. The minimum atomic E-state index is -0.293. The van der Waals surface area contributed by atoms with Crippen molar-refractivity contribution in [1.29, 1.82) is 0 Å². The second-order valence-corrected chi connectivity index (χ2v) is 6.66. The van der Waals surface area contributed by atoms with E-state index in [4.69, 9.17) is 0 Å². The maximum Gasteiger partial charge on any atom is 0.319 e. The predicted octanol–water partition coefficient (Wildman–Crippen LogP) is 2.25. The molecule has 140 valence electrons. The van der Waals surface area contributed by atoms with E-state index >= 15 is 0 Å². The van der Waals surface area contributed by atoms with Crippen LogP contribution >= 0.6 is 0 Å². The summed E-state index contributed by atoms with van der Waals surface area (Å²) in [7, 11) is 0. The number of hydrogen-bond donors (Lipinski definition) is 2. The van der Waals surface area contributed by atoms with Gasteiger partial charge in [-0.3, -0.25) is 0 Å². The summed E-state index contributed by atoms with van der Waals surface area (Å²) in [4.78, 5) is 12.3. The molecule has 0 bridgehead atoms. The lowest BCUT2D eigenvalue weighted by molar-refractivity contribution is 0.248. The third kappa shape index (κ3) is 3.78. The highest BCUT2D eigenvalue weighted by Gasteiger charge is 2.23. The number of carbonyl (C=O) groups is 1. The van der Waals surface area contributed by atoms with Crippen molar-refractivity contribution < 1.29 is 4.79 Å². The maximum atomic E-state index is 12.3.